The highest BCUT2D eigenvalue weighted by Crippen LogP contribution is 2.19. The lowest BCUT2D eigenvalue weighted by atomic mass is 10.2. The molecular weight excluding hydrogens is 350 g/mol. The van der Waals surface area contributed by atoms with Crippen LogP contribution in [-0.2, 0) is 0 Å². The molecule has 116 valence electrons. The van der Waals surface area contributed by atoms with E-state index in [1.54, 1.807) is 0 Å². The van der Waals surface area contributed by atoms with Crippen LogP contribution in [0.15, 0.2) is 76.3 Å². The summed E-state index contributed by atoms with van der Waals surface area (Å²) < 4.78 is 3.18. The minimum absolute atomic E-state index is 0.934. The maximum Gasteiger partial charge on any atom is 0.0639 e. The van der Waals surface area contributed by atoms with Crippen LogP contribution in [0.3, 0.4) is 0 Å². The Hall–Kier alpha value is -2.33. The van der Waals surface area contributed by atoms with E-state index in [1.165, 1.54) is 5.69 Å². The van der Waals surface area contributed by atoms with Gasteiger partial charge in [0.15, 0.2) is 0 Å². The van der Waals surface area contributed by atoms with Crippen molar-refractivity contribution in [2.75, 3.05) is 19.0 Å². The lowest BCUT2D eigenvalue weighted by Gasteiger charge is -2.13. The Bertz CT molecular complexity index is 799. The first kappa shape index (κ1) is 15.6. The van der Waals surface area contributed by atoms with Crippen LogP contribution in [0.4, 0.5) is 11.4 Å². The molecule has 3 aromatic rings. The topological polar surface area (TPSA) is 20.5 Å². The molecule has 1 heterocycles. The highest BCUT2D eigenvalue weighted by Gasteiger charge is 2.02. The van der Waals surface area contributed by atoms with Gasteiger partial charge in [0.05, 0.1) is 17.6 Å². The first-order valence-corrected chi connectivity index (χ1v) is 8.17. The van der Waals surface area contributed by atoms with Crippen LogP contribution in [-0.4, -0.2) is 24.9 Å². The summed E-state index contributed by atoms with van der Waals surface area (Å²) in [5.74, 6) is 0. The highest BCUT2D eigenvalue weighted by molar-refractivity contribution is 9.10. The van der Waals surface area contributed by atoms with Crippen LogP contribution in [0.2, 0.25) is 0 Å². The Morgan fingerprint density at radius 1 is 0.957 bits per heavy atom. The van der Waals surface area contributed by atoms with Crippen molar-refractivity contribution < 1.29 is 0 Å². The molecule has 0 saturated heterocycles. The molecule has 0 N–H and O–H groups in total. The van der Waals surface area contributed by atoms with Crippen LogP contribution in [0.1, 0.15) is 5.69 Å². The summed E-state index contributed by atoms with van der Waals surface area (Å²) in [5.41, 5.74) is 4.29. The molecule has 0 fully saturated rings. The molecule has 4 heteroatoms. The maximum absolute atomic E-state index is 4.55. The highest BCUT2D eigenvalue weighted by atomic mass is 79.9. The van der Waals surface area contributed by atoms with E-state index in [4.69, 9.17) is 0 Å². The van der Waals surface area contributed by atoms with E-state index in [2.05, 4.69) is 60.7 Å². The molecule has 0 amide bonds. The summed E-state index contributed by atoms with van der Waals surface area (Å²) in [6.45, 7) is 0. The monoisotopic (exact) mass is 367 g/mol. The number of benzene rings is 2. The number of rotatable bonds is 4. The second-order valence-corrected chi connectivity index (χ2v) is 6.36. The van der Waals surface area contributed by atoms with Crippen LogP contribution in [0, 0.1) is 0 Å². The van der Waals surface area contributed by atoms with Crippen molar-refractivity contribution in [2.45, 2.75) is 0 Å². The van der Waals surface area contributed by atoms with Crippen LogP contribution in [0.5, 0.6) is 0 Å². The van der Waals surface area contributed by atoms with Gasteiger partial charge >= 0.3 is 0 Å². The van der Waals surface area contributed by atoms with Gasteiger partial charge in [0.25, 0.3) is 0 Å². The predicted molar refractivity (Wildman–Crippen MR) is 101 cm³/mol. The van der Waals surface area contributed by atoms with Gasteiger partial charge in [-0.3, -0.25) is 4.99 Å². The molecule has 0 aliphatic rings. The van der Waals surface area contributed by atoms with Gasteiger partial charge in [-0.05, 0) is 60.7 Å². The summed E-state index contributed by atoms with van der Waals surface area (Å²) >= 11 is 3.43. The molecule has 23 heavy (non-hydrogen) atoms. The van der Waals surface area contributed by atoms with E-state index >= 15 is 0 Å². The number of nitrogens with zero attached hydrogens (tertiary/aromatic N) is 3. The van der Waals surface area contributed by atoms with Gasteiger partial charge in [-0.15, -0.1) is 0 Å². The zero-order chi connectivity index (χ0) is 16.2. The van der Waals surface area contributed by atoms with Gasteiger partial charge in [0.1, 0.15) is 0 Å². The number of anilines is 1. The molecule has 0 aliphatic carbocycles. The van der Waals surface area contributed by atoms with E-state index in [9.17, 15) is 0 Å². The van der Waals surface area contributed by atoms with E-state index < -0.39 is 0 Å². The molecule has 0 unspecified atom stereocenters. The van der Waals surface area contributed by atoms with Crippen molar-refractivity contribution in [3.63, 3.8) is 0 Å². The van der Waals surface area contributed by atoms with Crippen LogP contribution < -0.4 is 4.90 Å². The summed E-state index contributed by atoms with van der Waals surface area (Å²) in [4.78, 5) is 6.64. The zero-order valence-corrected chi connectivity index (χ0v) is 14.7. The smallest absolute Gasteiger partial charge is 0.0639 e. The largest absolute Gasteiger partial charge is 0.378 e. The minimum Gasteiger partial charge on any atom is -0.378 e. The lowest BCUT2D eigenvalue weighted by Crippen LogP contribution is -2.08. The number of hydrogen-bond donors (Lipinski definition) is 0. The molecular formula is C19H18BrN3. The standard InChI is InChI=1S/C19H18BrN3/c1-22(2)17-9-11-18(12-10-17)23-13-3-4-19(23)14-21-16-7-5-15(20)6-8-16/h3-14H,1-2H3. The van der Waals surface area contributed by atoms with Gasteiger partial charge < -0.3 is 9.47 Å². The van der Waals surface area contributed by atoms with Gasteiger partial charge in [0, 0.05) is 36.1 Å². The fourth-order valence-corrected chi connectivity index (χ4v) is 2.58. The van der Waals surface area contributed by atoms with Crippen LogP contribution >= 0.6 is 15.9 Å². The summed E-state index contributed by atoms with van der Waals surface area (Å²) in [6, 6.07) is 20.5. The minimum atomic E-state index is 0.934. The Morgan fingerprint density at radius 3 is 2.30 bits per heavy atom. The normalized spacial score (nSPS) is 11.1. The number of hydrogen-bond acceptors (Lipinski definition) is 2. The van der Waals surface area contributed by atoms with Gasteiger partial charge in [-0.25, -0.2) is 0 Å². The second-order valence-electron chi connectivity index (χ2n) is 5.45. The summed E-state index contributed by atoms with van der Waals surface area (Å²) in [7, 11) is 4.09. The van der Waals surface area contributed by atoms with E-state index in [-0.39, 0.29) is 0 Å². The third-order valence-corrected chi connectivity index (χ3v) is 4.13. The van der Waals surface area contributed by atoms with Gasteiger partial charge in [-0.2, -0.15) is 0 Å². The fourth-order valence-electron chi connectivity index (χ4n) is 2.31. The first-order chi connectivity index (χ1) is 11.1. The number of halogens is 1. The zero-order valence-electron chi connectivity index (χ0n) is 13.1. The summed E-state index contributed by atoms with van der Waals surface area (Å²) in [5, 5.41) is 0. The third kappa shape index (κ3) is 3.71. The van der Waals surface area contributed by atoms with Crippen molar-refractivity contribution in [1.29, 1.82) is 0 Å². The molecule has 0 spiro atoms. The molecule has 0 saturated carbocycles. The molecule has 0 bridgehead atoms. The Labute approximate surface area is 145 Å². The van der Waals surface area contributed by atoms with Crippen molar-refractivity contribution in [3.8, 4) is 5.69 Å². The molecule has 0 atom stereocenters. The van der Waals surface area contributed by atoms with Gasteiger partial charge in [-0.1, -0.05) is 15.9 Å². The number of aliphatic imine (C=N–C) groups is 1. The van der Waals surface area contributed by atoms with Crippen molar-refractivity contribution in [2.24, 2.45) is 4.99 Å². The molecule has 1 aromatic heterocycles. The maximum atomic E-state index is 4.55. The van der Waals surface area contributed by atoms with Gasteiger partial charge in [0.2, 0.25) is 0 Å². The van der Waals surface area contributed by atoms with Crippen molar-refractivity contribution >= 4 is 33.5 Å². The Kier molecular flexibility index (Phi) is 4.63. The van der Waals surface area contributed by atoms with E-state index in [1.807, 2.05) is 56.8 Å². The van der Waals surface area contributed by atoms with Crippen LogP contribution in [0.25, 0.3) is 5.69 Å². The third-order valence-electron chi connectivity index (χ3n) is 3.60. The average molecular weight is 368 g/mol. The van der Waals surface area contributed by atoms with Crippen molar-refractivity contribution in [3.05, 3.63) is 77.0 Å². The Morgan fingerprint density at radius 2 is 1.65 bits per heavy atom. The SMILES string of the molecule is CN(C)c1ccc(-n2cccc2C=Nc2ccc(Br)cc2)cc1. The molecule has 0 aliphatic heterocycles. The van der Waals surface area contributed by atoms with Crippen molar-refractivity contribution in [1.82, 2.24) is 4.57 Å². The molecule has 2 aromatic carbocycles. The predicted octanol–water partition coefficient (Wildman–Crippen LogP) is 5.06. The fraction of sp³-hybridized carbons (Fsp3) is 0.105. The Balaban J connectivity index is 1.85. The lowest BCUT2D eigenvalue weighted by molar-refractivity contribution is 1.06. The second kappa shape index (κ2) is 6.84. The molecule has 3 rings (SSSR count). The molecule has 3 nitrogen and oxygen atoms in total. The summed E-state index contributed by atoms with van der Waals surface area (Å²) in [6.07, 6.45) is 3.94. The average Bonchev–Trinajstić information content (AvgIpc) is 3.03. The number of aromatic nitrogens is 1. The quantitative estimate of drug-likeness (QED) is 0.590. The van der Waals surface area contributed by atoms with E-state index in [0.29, 0.717) is 0 Å². The van der Waals surface area contributed by atoms with E-state index in [0.717, 1.165) is 21.5 Å². The first-order valence-electron chi connectivity index (χ1n) is 7.38. The molecule has 0 radical (unpaired) electrons.